The van der Waals surface area contributed by atoms with Gasteiger partial charge < -0.3 is 5.32 Å². The highest BCUT2D eigenvalue weighted by molar-refractivity contribution is 7.16. The minimum atomic E-state index is 0.309. The Morgan fingerprint density at radius 2 is 2.42 bits per heavy atom. The van der Waals surface area contributed by atoms with Gasteiger partial charge in [-0.15, -0.1) is 11.3 Å². The van der Waals surface area contributed by atoms with Crippen LogP contribution < -0.4 is 5.32 Å². The van der Waals surface area contributed by atoms with E-state index in [9.17, 15) is 0 Å². The van der Waals surface area contributed by atoms with Gasteiger partial charge in [-0.2, -0.15) is 0 Å². The first kappa shape index (κ1) is 13.1. The molecule has 1 aliphatic carbocycles. The molecule has 0 aliphatic heterocycles. The topological polar surface area (TPSA) is 24.9 Å². The number of nitrogens with zero attached hydrogens (tertiary/aromatic N) is 1. The van der Waals surface area contributed by atoms with E-state index in [4.69, 9.17) is 11.6 Å². The Kier molecular flexibility index (Phi) is 3.87. The van der Waals surface area contributed by atoms with E-state index in [0.29, 0.717) is 12.1 Å². The molecule has 4 heteroatoms. The van der Waals surface area contributed by atoms with Gasteiger partial charge in [0.25, 0.3) is 0 Å². The maximum Gasteiger partial charge on any atom is 0.0934 e. The summed E-state index contributed by atoms with van der Waals surface area (Å²) in [5.74, 6) is 0. The standard InChI is InChI=1S/C15H17ClN2S/c1-10(11-4-3-7-17-9-11)18-13-5-2-6-14-12(13)8-15(16)19-14/h3-4,7-10,13,18H,2,5-6H2,1H3. The lowest BCUT2D eigenvalue weighted by Gasteiger charge is -2.27. The number of nitrogens with one attached hydrogen (secondary N) is 1. The molecular weight excluding hydrogens is 276 g/mol. The Morgan fingerprint density at radius 1 is 1.53 bits per heavy atom. The van der Waals surface area contributed by atoms with Gasteiger partial charge in [-0.05, 0) is 49.4 Å². The number of hydrogen-bond donors (Lipinski definition) is 1. The Bertz CT molecular complexity index is 553. The summed E-state index contributed by atoms with van der Waals surface area (Å²) < 4.78 is 0.910. The summed E-state index contributed by atoms with van der Waals surface area (Å²) in [6.07, 6.45) is 7.34. The average Bonchev–Trinajstić information content (AvgIpc) is 2.81. The highest BCUT2D eigenvalue weighted by Crippen LogP contribution is 2.38. The van der Waals surface area contributed by atoms with Gasteiger partial charge in [-0.1, -0.05) is 17.7 Å². The van der Waals surface area contributed by atoms with E-state index in [1.54, 1.807) is 11.3 Å². The fraction of sp³-hybridized carbons (Fsp3) is 0.400. The first-order valence-corrected chi connectivity index (χ1v) is 7.87. The lowest BCUT2D eigenvalue weighted by Crippen LogP contribution is -2.27. The Hall–Kier alpha value is -0.900. The van der Waals surface area contributed by atoms with Gasteiger partial charge in [0.1, 0.15) is 0 Å². The van der Waals surface area contributed by atoms with Gasteiger partial charge in [0.15, 0.2) is 0 Å². The molecule has 2 atom stereocenters. The third-order valence-corrected chi connectivity index (χ3v) is 5.06. The Labute approximate surface area is 122 Å². The van der Waals surface area contributed by atoms with Crippen molar-refractivity contribution in [3.63, 3.8) is 0 Å². The summed E-state index contributed by atoms with van der Waals surface area (Å²) in [4.78, 5) is 5.64. The molecule has 1 N–H and O–H groups in total. The molecule has 2 unspecified atom stereocenters. The fourth-order valence-corrected chi connectivity index (χ4v) is 4.11. The molecule has 2 heterocycles. The van der Waals surface area contributed by atoms with Crippen molar-refractivity contribution in [3.8, 4) is 0 Å². The molecule has 0 aromatic carbocycles. The summed E-state index contributed by atoms with van der Waals surface area (Å²) >= 11 is 7.88. The van der Waals surface area contributed by atoms with E-state index in [-0.39, 0.29) is 0 Å². The molecule has 2 aromatic rings. The molecule has 0 amide bonds. The predicted octanol–water partition coefficient (Wildman–Crippen LogP) is 4.52. The highest BCUT2D eigenvalue weighted by atomic mass is 35.5. The van der Waals surface area contributed by atoms with E-state index in [0.717, 1.165) is 4.34 Å². The zero-order valence-corrected chi connectivity index (χ0v) is 12.5. The zero-order chi connectivity index (χ0) is 13.2. The number of hydrogen-bond acceptors (Lipinski definition) is 3. The van der Waals surface area contributed by atoms with Gasteiger partial charge in [-0.3, -0.25) is 4.98 Å². The minimum Gasteiger partial charge on any atom is -0.303 e. The van der Waals surface area contributed by atoms with Crippen molar-refractivity contribution in [2.45, 2.75) is 38.3 Å². The molecule has 100 valence electrons. The molecule has 0 fully saturated rings. The van der Waals surface area contributed by atoms with Crippen LogP contribution in [0.3, 0.4) is 0 Å². The minimum absolute atomic E-state index is 0.309. The van der Waals surface area contributed by atoms with Crippen LogP contribution in [0.4, 0.5) is 0 Å². The Balaban J connectivity index is 1.77. The summed E-state index contributed by atoms with van der Waals surface area (Å²) in [5.41, 5.74) is 2.63. The molecular formula is C15H17ClN2S. The molecule has 0 bridgehead atoms. The molecule has 2 aromatic heterocycles. The quantitative estimate of drug-likeness (QED) is 0.899. The number of halogens is 1. The third kappa shape index (κ3) is 2.83. The fourth-order valence-electron chi connectivity index (χ4n) is 2.72. The summed E-state index contributed by atoms with van der Waals surface area (Å²) in [6, 6.07) is 6.97. The maximum absolute atomic E-state index is 6.15. The third-order valence-electron chi connectivity index (χ3n) is 3.72. The van der Waals surface area contributed by atoms with Crippen LogP contribution in [0.5, 0.6) is 0 Å². The van der Waals surface area contributed by atoms with Crippen molar-refractivity contribution in [1.82, 2.24) is 10.3 Å². The largest absolute Gasteiger partial charge is 0.303 e. The number of rotatable bonds is 3. The van der Waals surface area contributed by atoms with E-state index in [1.165, 1.54) is 35.3 Å². The predicted molar refractivity (Wildman–Crippen MR) is 80.8 cm³/mol. The molecule has 0 saturated heterocycles. The first-order chi connectivity index (χ1) is 9.24. The van der Waals surface area contributed by atoms with Crippen LogP contribution in [0.1, 0.15) is 47.9 Å². The second-order valence-electron chi connectivity index (χ2n) is 5.05. The summed E-state index contributed by atoms with van der Waals surface area (Å²) in [5, 5.41) is 3.71. The molecule has 3 rings (SSSR count). The van der Waals surface area contributed by atoms with Crippen LogP contribution in [0.25, 0.3) is 0 Å². The van der Waals surface area contributed by atoms with Crippen molar-refractivity contribution in [1.29, 1.82) is 0 Å². The lowest BCUT2D eigenvalue weighted by atomic mass is 9.93. The monoisotopic (exact) mass is 292 g/mol. The van der Waals surface area contributed by atoms with Crippen LogP contribution in [0, 0.1) is 0 Å². The van der Waals surface area contributed by atoms with Crippen molar-refractivity contribution in [3.05, 3.63) is 50.9 Å². The second kappa shape index (κ2) is 5.61. The van der Waals surface area contributed by atoms with Crippen LogP contribution >= 0.6 is 22.9 Å². The summed E-state index contributed by atoms with van der Waals surface area (Å²) in [7, 11) is 0. The van der Waals surface area contributed by atoms with Crippen LogP contribution in [-0.4, -0.2) is 4.98 Å². The molecule has 1 aliphatic rings. The average molecular weight is 293 g/mol. The van der Waals surface area contributed by atoms with Crippen molar-refractivity contribution in [2.75, 3.05) is 0 Å². The SMILES string of the molecule is CC(NC1CCCc2sc(Cl)cc21)c1cccnc1. The smallest absolute Gasteiger partial charge is 0.0934 e. The molecule has 2 nitrogen and oxygen atoms in total. The van der Waals surface area contributed by atoms with Gasteiger partial charge in [-0.25, -0.2) is 0 Å². The van der Waals surface area contributed by atoms with Crippen molar-refractivity contribution >= 4 is 22.9 Å². The molecule has 19 heavy (non-hydrogen) atoms. The number of aryl methyl sites for hydroxylation is 1. The van der Waals surface area contributed by atoms with E-state index >= 15 is 0 Å². The molecule has 0 radical (unpaired) electrons. The van der Waals surface area contributed by atoms with Gasteiger partial charge in [0.2, 0.25) is 0 Å². The van der Waals surface area contributed by atoms with Crippen molar-refractivity contribution in [2.24, 2.45) is 0 Å². The van der Waals surface area contributed by atoms with E-state index < -0.39 is 0 Å². The number of fused-ring (bicyclic) bond motifs is 1. The van der Waals surface area contributed by atoms with E-state index in [1.807, 2.05) is 18.5 Å². The normalized spacial score (nSPS) is 20.0. The van der Waals surface area contributed by atoms with Crippen LogP contribution in [0.2, 0.25) is 4.34 Å². The van der Waals surface area contributed by atoms with Crippen molar-refractivity contribution < 1.29 is 0 Å². The highest BCUT2D eigenvalue weighted by Gasteiger charge is 2.24. The van der Waals surface area contributed by atoms with Gasteiger partial charge in [0.05, 0.1) is 4.34 Å². The van der Waals surface area contributed by atoms with E-state index in [2.05, 4.69) is 29.4 Å². The van der Waals surface area contributed by atoms with Gasteiger partial charge in [0, 0.05) is 29.4 Å². The van der Waals surface area contributed by atoms with Crippen LogP contribution in [-0.2, 0) is 6.42 Å². The zero-order valence-electron chi connectivity index (χ0n) is 10.9. The molecule has 0 saturated carbocycles. The molecule has 0 spiro atoms. The number of thiophene rings is 1. The van der Waals surface area contributed by atoms with Gasteiger partial charge >= 0.3 is 0 Å². The second-order valence-corrected chi connectivity index (χ2v) is 6.82. The maximum atomic E-state index is 6.15. The summed E-state index contributed by atoms with van der Waals surface area (Å²) in [6.45, 7) is 2.19. The first-order valence-electron chi connectivity index (χ1n) is 6.68. The Morgan fingerprint density at radius 3 is 3.21 bits per heavy atom. The number of pyridine rings is 1. The van der Waals surface area contributed by atoms with Crippen LogP contribution in [0.15, 0.2) is 30.6 Å². The number of aromatic nitrogens is 1. The lowest BCUT2D eigenvalue weighted by molar-refractivity contribution is 0.418.